The number of fused-ring (bicyclic) bond motifs is 1. The number of carbonyl (C=O) groups is 2. The summed E-state index contributed by atoms with van der Waals surface area (Å²) < 4.78 is 39.1. The molecule has 0 aliphatic carbocycles. The Morgan fingerprint density at radius 3 is 2.39 bits per heavy atom. The Balaban J connectivity index is 1.14. The van der Waals surface area contributed by atoms with Gasteiger partial charge < -0.3 is 63.5 Å². The number of rotatable bonds is 17. The third-order valence-corrected chi connectivity index (χ3v) is 8.49. The van der Waals surface area contributed by atoms with Crippen LogP contribution in [0.5, 0.6) is 23.0 Å². The number of ether oxygens (including phenoxy) is 6. The van der Waals surface area contributed by atoms with Crippen LogP contribution in [0, 0.1) is 0 Å². The molecule has 6 N–H and O–H groups in total. The molecule has 1 saturated heterocycles. The van der Waals surface area contributed by atoms with Crippen molar-refractivity contribution < 1.29 is 73.1 Å². The summed E-state index contributed by atoms with van der Waals surface area (Å²) in [4.78, 5) is 39.4. The lowest BCUT2D eigenvalue weighted by Crippen LogP contribution is -2.58. The molecule has 0 bridgehead atoms. The molecule has 5 atom stereocenters. The fraction of sp³-hybridized carbons (Fsp3) is 0.432. The van der Waals surface area contributed by atoms with Crippen LogP contribution < -0.4 is 14.9 Å². The van der Waals surface area contributed by atoms with Crippen LogP contribution in [0.25, 0.3) is 22.3 Å². The van der Waals surface area contributed by atoms with E-state index in [9.17, 15) is 45.0 Å². The van der Waals surface area contributed by atoms with Gasteiger partial charge in [-0.05, 0) is 44.5 Å². The number of phenols is 2. The van der Waals surface area contributed by atoms with Crippen LogP contribution in [0.4, 0.5) is 0 Å². The summed E-state index contributed by atoms with van der Waals surface area (Å²) in [6, 6.07) is 7.37. The minimum absolute atomic E-state index is 0.0576. The van der Waals surface area contributed by atoms with Gasteiger partial charge in [0.15, 0.2) is 18.3 Å². The Morgan fingerprint density at radius 1 is 0.946 bits per heavy atom. The van der Waals surface area contributed by atoms with Crippen LogP contribution in [0.1, 0.15) is 37.9 Å². The molecule has 2 aromatic heterocycles. The third kappa shape index (κ3) is 10.3. The smallest absolute Gasteiger partial charge is 0.312 e. The van der Waals surface area contributed by atoms with Gasteiger partial charge in [0, 0.05) is 17.2 Å². The first kappa shape index (κ1) is 41.7. The maximum absolute atomic E-state index is 13.8. The predicted octanol–water partition coefficient (Wildman–Crippen LogP) is 1.20. The van der Waals surface area contributed by atoms with E-state index in [2.05, 4.69) is 10.3 Å². The highest BCUT2D eigenvalue weighted by Gasteiger charge is 2.43. The van der Waals surface area contributed by atoms with Crippen LogP contribution in [0.2, 0.25) is 0 Å². The molecule has 0 amide bonds. The quantitative estimate of drug-likeness (QED) is 0.0498. The lowest BCUT2D eigenvalue weighted by Gasteiger charge is -2.37. The summed E-state index contributed by atoms with van der Waals surface area (Å²) in [5.74, 6) is -2.77. The van der Waals surface area contributed by atoms with Gasteiger partial charge in [-0.25, -0.2) is 4.68 Å². The third-order valence-electron chi connectivity index (χ3n) is 8.49. The molecule has 4 aromatic rings. The molecule has 0 radical (unpaired) electrons. The van der Waals surface area contributed by atoms with Gasteiger partial charge in [-0.2, -0.15) is 0 Å². The van der Waals surface area contributed by atoms with Crippen molar-refractivity contribution in [3.8, 4) is 34.3 Å². The predicted molar refractivity (Wildman–Crippen MR) is 191 cm³/mol. The molecule has 19 heteroatoms. The maximum Gasteiger partial charge on any atom is 0.312 e. The highest BCUT2D eigenvalue weighted by Crippen LogP contribution is 2.39. The van der Waals surface area contributed by atoms with E-state index in [4.69, 9.17) is 32.8 Å². The first-order chi connectivity index (χ1) is 26.8. The van der Waals surface area contributed by atoms with Crippen LogP contribution in [0.3, 0.4) is 0 Å². The average molecular weight is 786 g/mol. The van der Waals surface area contributed by atoms with Gasteiger partial charge in [0.25, 0.3) is 0 Å². The number of hydrogen-bond donors (Lipinski definition) is 6. The molecule has 1 fully saturated rings. The number of carbonyl (C=O) groups excluding carboxylic acids is 2. The van der Waals surface area contributed by atoms with Gasteiger partial charge in [0.05, 0.1) is 52.5 Å². The van der Waals surface area contributed by atoms with E-state index in [1.807, 2.05) is 19.9 Å². The average Bonchev–Trinajstić information content (AvgIpc) is 3.63. The molecule has 19 nitrogen and oxygen atoms in total. The number of nitrogens with zero attached hydrogens (tertiary/aromatic N) is 3. The van der Waals surface area contributed by atoms with Gasteiger partial charge >= 0.3 is 11.9 Å². The molecular weight excluding hydrogens is 742 g/mol. The number of aliphatic hydroxyl groups is 4. The van der Waals surface area contributed by atoms with Gasteiger partial charge in [0.2, 0.25) is 11.2 Å². The Morgan fingerprint density at radius 2 is 1.68 bits per heavy atom. The molecule has 2 aromatic carbocycles. The molecular formula is C37H43N3O16. The second kappa shape index (κ2) is 19.0. The number of aromatic nitrogens is 3. The van der Waals surface area contributed by atoms with E-state index >= 15 is 0 Å². The second-order valence-electron chi connectivity index (χ2n) is 12.9. The van der Waals surface area contributed by atoms with Gasteiger partial charge in [-0.1, -0.05) is 16.9 Å². The Bertz CT molecular complexity index is 2070. The van der Waals surface area contributed by atoms with Crippen molar-refractivity contribution in [2.24, 2.45) is 0 Å². The highest BCUT2D eigenvalue weighted by atomic mass is 16.7. The summed E-state index contributed by atoms with van der Waals surface area (Å²) in [7, 11) is 1.48. The number of benzene rings is 2. The largest absolute Gasteiger partial charge is 0.507 e. The first-order valence-corrected chi connectivity index (χ1v) is 17.4. The molecule has 1 aliphatic heterocycles. The van der Waals surface area contributed by atoms with Gasteiger partial charge in [-0.3, -0.25) is 14.4 Å². The van der Waals surface area contributed by atoms with E-state index < -0.39 is 72.6 Å². The van der Waals surface area contributed by atoms with E-state index in [-0.39, 0.29) is 67.4 Å². The Labute approximate surface area is 318 Å². The number of methoxy groups -OCH3 is 1. The fourth-order valence-corrected chi connectivity index (χ4v) is 5.46. The fourth-order valence-electron chi connectivity index (χ4n) is 5.46. The summed E-state index contributed by atoms with van der Waals surface area (Å²) >= 11 is 0. The topological polar surface area (TPSA) is 272 Å². The molecule has 0 saturated carbocycles. The molecule has 1 aliphatic rings. The van der Waals surface area contributed by atoms with Crippen molar-refractivity contribution in [2.75, 3.05) is 26.9 Å². The normalized spacial score (nSPS) is 19.4. The molecule has 3 heterocycles. The van der Waals surface area contributed by atoms with E-state index in [0.29, 0.717) is 17.0 Å². The minimum Gasteiger partial charge on any atom is -0.507 e. The first-order valence-electron chi connectivity index (χ1n) is 17.4. The van der Waals surface area contributed by atoms with Crippen LogP contribution in [-0.4, -0.2) is 115 Å². The SMILES string of the molecule is COc1ccc(-c2oc3c(CC=C(C)C)c(O)cc(O)c3c(=O)c2OC(=O)CCC(=O)OCc2cn(CCOCCO[C@H]3O[C@@H](O)[C@H](O)[C@@H](O)[C@@H]3O)nn2)cc1. The molecule has 0 unspecified atom stereocenters. The summed E-state index contributed by atoms with van der Waals surface area (Å²) in [5, 5.41) is 67.6. The van der Waals surface area contributed by atoms with E-state index in [0.717, 1.165) is 11.6 Å². The Hall–Kier alpha value is -5.41. The van der Waals surface area contributed by atoms with Gasteiger partial charge in [0.1, 0.15) is 58.8 Å². The molecule has 302 valence electrons. The van der Waals surface area contributed by atoms with Crippen molar-refractivity contribution in [1.82, 2.24) is 15.0 Å². The summed E-state index contributed by atoms with van der Waals surface area (Å²) in [6.45, 7) is 3.89. The number of allylic oxidation sites excluding steroid dienone is 2. The number of phenolic OH excluding ortho intramolecular Hbond substituents is 2. The molecule has 56 heavy (non-hydrogen) atoms. The highest BCUT2D eigenvalue weighted by molar-refractivity contribution is 5.92. The number of aromatic hydroxyl groups is 2. The Kier molecular flexibility index (Phi) is 14.1. The number of hydrogen-bond acceptors (Lipinski definition) is 18. The van der Waals surface area contributed by atoms with Crippen molar-refractivity contribution in [1.29, 1.82) is 0 Å². The van der Waals surface area contributed by atoms with Gasteiger partial charge in [-0.15, -0.1) is 5.10 Å². The number of aliphatic hydroxyl groups excluding tert-OH is 4. The zero-order chi connectivity index (χ0) is 40.5. The van der Waals surface area contributed by atoms with Crippen molar-refractivity contribution in [3.05, 3.63) is 69.7 Å². The van der Waals surface area contributed by atoms with E-state index in [1.54, 1.807) is 24.3 Å². The standard InChI is InChI=1S/C37H43N3O16/c1-19(2)4-9-23-24(41)16-25(42)28-29(45)35(33(55-34(23)28)20-5-7-22(50-3)8-6-20)54-27(44)11-10-26(43)53-18-21-17-40(39-38-21)12-13-51-14-15-52-37-32(48)30(46)31(47)36(49)56-37/h4-8,16-17,30-32,36-37,41-42,46-49H,9-15,18H2,1-3H3/t30-,31-,32+,36-,37+/m1/s1. The second-order valence-corrected chi connectivity index (χ2v) is 12.9. The summed E-state index contributed by atoms with van der Waals surface area (Å²) in [5.41, 5.74) is 0.842. The lowest BCUT2D eigenvalue weighted by atomic mass is 10.0. The molecule has 5 rings (SSSR count). The van der Waals surface area contributed by atoms with Crippen LogP contribution in [0.15, 0.2) is 57.4 Å². The summed E-state index contributed by atoms with van der Waals surface area (Å²) in [6.07, 6.45) is -5.34. The maximum atomic E-state index is 13.8. The van der Waals surface area contributed by atoms with Crippen molar-refractivity contribution >= 4 is 22.9 Å². The van der Waals surface area contributed by atoms with Crippen LogP contribution >= 0.6 is 0 Å². The van der Waals surface area contributed by atoms with Crippen molar-refractivity contribution in [3.63, 3.8) is 0 Å². The van der Waals surface area contributed by atoms with E-state index in [1.165, 1.54) is 18.0 Å². The zero-order valence-electron chi connectivity index (χ0n) is 30.7. The minimum atomic E-state index is -1.72. The van der Waals surface area contributed by atoms with Crippen molar-refractivity contribution in [2.45, 2.75) is 77.2 Å². The number of esters is 2. The molecule has 0 spiro atoms. The monoisotopic (exact) mass is 785 g/mol. The zero-order valence-corrected chi connectivity index (χ0v) is 30.7. The van der Waals surface area contributed by atoms with Crippen LogP contribution in [-0.2, 0) is 48.1 Å². The lowest BCUT2D eigenvalue weighted by molar-refractivity contribution is -0.340.